The van der Waals surface area contributed by atoms with Crippen LogP contribution in [0.2, 0.25) is 5.02 Å². The summed E-state index contributed by atoms with van der Waals surface area (Å²) in [5, 5.41) is 2.09. The maximum atomic E-state index is 13.5. The van der Waals surface area contributed by atoms with E-state index in [0.717, 1.165) is 5.01 Å². The number of hydrogen-bond acceptors (Lipinski definition) is 3. The molecule has 1 aromatic carbocycles. The molecule has 2 N–H and O–H groups in total. The number of hydrogen-bond donors (Lipinski definition) is 1. The van der Waals surface area contributed by atoms with Gasteiger partial charge in [0.15, 0.2) is 0 Å². The van der Waals surface area contributed by atoms with Gasteiger partial charge in [-0.2, -0.15) is 0 Å². The summed E-state index contributed by atoms with van der Waals surface area (Å²) in [6, 6.07) is 4.43. The van der Waals surface area contributed by atoms with Crippen molar-refractivity contribution in [3.05, 3.63) is 34.0 Å². The maximum Gasteiger partial charge on any atom is 0.125 e. The van der Waals surface area contributed by atoms with Crippen LogP contribution in [0.15, 0.2) is 18.2 Å². The van der Waals surface area contributed by atoms with Crippen LogP contribution >= 0.6 is 22.9 Å². The molecule has 0 amide bonds. The molecule has 1 saturated carbocycles. The molecule has 3 rings (SSSR count). The quantitative estimate of drug-likeness (QED) is 0.824. The average molecular weight is 311 g/mol. The van der Waals surface area contributed by atoms with Gasteiger partial charge in [0.2, 0.25) is 0 Å². The van der Waals surface area contributed by atoms with Crippen LogP contribution in [0.1, 0.15) is 43.0 Å². The molecule has 0 aliphatic heterocycles. The van der Waals surface area contributed by atoms with Gasteiger partial charge in [-0.15, -0.1) is 11.3 Å². The van der Waals surface area contributed by atoms with Crippen molar-refractivity contribution in [2.75, 3.05) is 5.73 Å². The first-order valence-corrected chi connectivity index (χ1v) is 8.05. The van der Waals surface area contributed by atoms with E-state index in [9.17, 15) is 4.39 Å². The third-order valence-corrected chi connectivity index (χ3v) is 5.03. The normalized spacial score (nSPS) is 16.5. The van der Waals surface area contributed by atoms with Crippen LogP contribution in [0.3, 0.4) is 0 Å². The van der Waals surface area contributed by atoms with E-state index >= 15 is 0 Å². The largest absolute Gasteiger partial charge is 0.389 e. The summed E-state index contributed by atoms with van der Waals surface area (Å²) in [7, 11) is 0. The molecule has 1 aliphatic rings. The first kappa shape index (κ1) is 13.8. The molecule has 1 aromatic heterocycles. The summed E-state index contributed by atoms with van der Waals surface area (Å²) in [5.74, 6) is 0.146. The summed E-state index contributed by atoms with van der Waals surface area (Å²) in [4.78, 5) is 4.65. The highest BCUT2D eigenvalue weighted by Gasteiger charge is 2.21. The molecule has 0 atom stereocenters. The summed E-state index contributed by atoms with van der Waals surface area (Å²) < 4.78 is 13.5. The fourth-order valence-electron chi connectivity index (χ4n) is 2.77. The number of thiazole rings is 1. The van der Waals surface area contributed by atoms with E-state index in [-0.39, 0.29) is 5.82 Å². The van der Waals surface area contributed by atoms with Gasteiger partial charge in [-0.25, -0.2) is 9.37 Å². The van der Waals surface area contributed by atoms with Gasteiger partial charge < -0.3 is 5.73 Å². The van der Waals surface area contributed by atoms with E-state index < -0.39 is 0 Å². The lowest BCUT2D eigenvalue weighted by Gasteiger charge is -2.18. The van der Waals surface area contributed by atoms with Crippen molar-refractivity contribution in [1.82, 2.24) is 4.98 Å². The Hall–Kier alpha value is -1.13. The fraction of sp³-hybridized carbons (Fsp3) is 0.400. The number of nitrogens with two attached hydrogens (primary N) is 1. The van der Waals surface area contributed by atoms with Crippen molar-refractivity contribution < 1.29 is 4.39 Å². The molecule has 106 valence electrons. The molecule has 20 heavy (non-hydrogen) atoms. The van der Waals surface area contributed by atoms with Crippen molar-refractivity contribution in [3.8, 4) is 11.3 Å². The zero-order valence-electron chi connectivity index (χ0n) is 11.0. The van der Waals surface area contributed by atoms with Crippen molar-refractivity contribution >= 4 is 27.9 Å². The second kappa shape index (κ2) is 5.70. The molecule has 1 aliphatic carbocycles. The predicted molar refractivity (Wildman–Crippen MR) is 82.8 cm³/mol. The minimum absolute atomic E-state index is 0.362. The standard InChI is InChI=1S/C15H16ClFN2S/c16-11-6-10(7-12(17)8-11)13-14(18)20-15(19-13)9-4-2-1-3-5-9/h6-9H,1-5,18H2. The molecule has 0 unspecified atom stereocenters. The molecular weight excluding hydrogens is 295 g/mol. The highest BCUT2D eigenvalue weighted by Crippen LogP contribution is 2.40. The first-order chi connectivity index (χ1) is 9.63. The Morgan fingerprint density at radius 1 is 1.20 bits per heavy atom. The number of nitrogens with zero attached hydrogens (tertiary/aromatic N) is 1. The Labute approximate surface area is 126 Å². The van der Waals surface area contributed by atoms with E-state index in [4.69, 9.17) is 17.3 Å². The SMILES string of the molecule is Nc1sc(C2CCCCC2)nc1-c1cc(F)cc(Cl)c1. The summed E-state index contributed by atoms with van der Waals surface area (Å²) in [5.41, 5.74) is 7.39. The number of rotatable bonds is 2. The highest BCUT2D eigenvalue weighted by molar-refractivity contribution is 7.16. The first-order valence-electron chi connectivity index (χ1n) is 6.86. The number of halogens is 2. The molecule has 0 saturated heterocycles. The van der Waals surface area contributed by atoms with Gasteiger partial charge in [0.05, 0.1) is 5.01 Å². The topological polar surface area (TPSA) is 38.9 Å². The maximum absolute atomic E-state index is 13.5. The summed E-state index contributed by atoms with van der Waals surface area (Å²) in [6.07, 6.45) is 6.17. The Balaban J connectivity index is 1.95. The molecule has 0 bridgehead atoms. The van der Waals surface area contributed by atoms with Crippen LogP contribution in [0.25, 0.3) is 11.3 Å². The van der Waals surface area contributed by atoms with Gasteiger partial charge in [0.1, 0.15) is 16.5 Å². The van der Waals surface area contributed by atoms with Gasteiger partial charge >= 0.3 is 0 Å². The molecule has 1 heterocycles. The molecule has 2 nitrogen and oxygen atoms in total. The Kier molecular flexibility index (Phi) is 3.94. The minimum atomic E-state index is -0.362. The molecule has 0 radical (unpaired) electrons. The highest BCUT2D eigenvalue weighted by atomic mass is 35.5. The molecule has 0 spiro atoms. The minimum Gasteiger partial charge on any atom is -0.389 e. The Morgan fingerprint density at radius 3 is 2.65 bits per heavy atom. The molecule has 1 fully saturated rings. The van der Waals surface area contributed by atoms with Crippen molar-refractivity contribution in [3.63, 3.8) is 0 Å². The third-order valence-electron chi connectivity index (χ3n) is 3.76. The number of nitrogen functional groups attached to an aromatic ring is 1. The Morgan fingerprint density at radius 2 is 1.95 bits per heavy atom. The Bertz CT molecular complexity index is 600. The zero-order valence-corrected chi connectivity index (χ0v) is 12.6. The van der Waals surface area contributed by atoms with E-state index in [1.807, 2.05) is 0 Å². The van der Waals surface area contributed by atoms with Crippen LogP contribution in [0.4, 0.5) is 9.39 Å². The number of anilines is 1. The van der Waals surface area contributed by atoms with Gasteiger partial charge in [-0.05, 0) is 31.0 Å². The zero-order chi connectivity index (χ0) is 14.1. The van der Waals surface area contributed by atoms with E-state index in [1.54, 1.807) is 6.07 Å². The lowest BCUT2D eigenvalue weighted by atomic mass is 9.90. The second-order valence-electron chi connectivity index (χ2n) is 5.26. The van der Waals surface area contributed by atoms with Crippen molar-refractivity contribution in [2.45, 2.75) is 38.0 Å². The van der Waals surface area contributed by atoms with Crippen LogP contribution in [-0.4, -0.2) is 4.98 Å². The average Bonchev–Trinajstić information content (AvgIpc) is 2.81. The summed E-state index contributed by atoms with van der Waals surface area (Å²) >= 11 is 7.43. The number of aromatic nitrogens is 1. The number of benzene rings is 1. The predicted octanol–water partition coefficient (Wildman–Crippen LogP) is 5.23. The van der Waals surface area contributed by atoms with Crippen LogP contribution in [0.5, 0.6) is 0 Å². The smallest absolute Gasteiger partial charge is 0.125 e. The van der Waals surface area contributed by atoms with E-state index in [0.29, 0.717) is 27.2 Å². The fourth-order valence-corrected chi connectivity index (χ4v) is 4.02. The van der Waals surface area contributed by atoms with Gasteiger partial charge in [0.25, 0.3) is 0 Å². The van der Waals surface area contributed by atoms with Gasteiger partial charge in [-0.3, -0.25) is 0 Å². The van der Waals surface area contributed by atoms with Gasteiger partial charge in [0, 0.05) is 16.5 Å². The van der Waals surface area contributed by atoms with Gasteiger partial charge in [-0.1, -0.05) is 30.9 Å². The van der Waals surface area contributed by atoms with Crippen LogP contribution in [0, 0.1) is 5.82 Å². The lowest BCUT2D eigenvalue weighted by molar-refractivity contribution is 0.442. The monoisotopic (exact) mass is 310 g/mol. The van der Waals surface area contributed by atoms with Crippen molar-refractivity contribution in [1.29, 1.82) is 0 Å². The molecule has 5 heteroatoms. The van der Waals surface area contributed by atoms with E-state index in [2.05, 4.69) is 4.98 Å². The molecular formula is C15H16ClFN2S. The lowest BCUT2D eigenvalue weighted by Crippen LogP contribution is -2.03. The van der Waals surface area contributed by atoms with E-state index in [1.165, 1.54) is 55.6 Å². The third kappa shape index (κ3) is 2.81. The molecule has 2 aromatic rings. The second-order valence-corrected chi connectivity index (χ2v) is 6.76. The van der Waals surface area contributed by atoms with Crippen LogP contribution in [-0.2, 0) is 0 Å². The van der Waals surface area contributed by atoms with Crippen LogP contribution < -0.4 is 5.73 Å². The van der Waals surface area contributed by atoms with Crippen molar-refractivity contribution in [2.24, 2.45) is 0 Å². The summed E-state index contributed by atoms with van der Waals surface area (Å²) in [6.45, 7) is 0.